The van der Waals surface area contributed by atoms with Crippen molar-refractivity contribution < 1.29 is 14.0 Å². The molecular formula is C15H17ClN2O3. The van der Waals surface area contributed by atoms with E-state index in [0.29, 0.717) is 36.6 Å². The maximum atomic E-state index is 6.41. The molecule has 0 atom stereocenters. The van der Waals surface area contributed by atoms with Gasteiger partial charge in [-0.3, -0.25) is 0 Å². The summed E-state index contributed by atoms with van der Waals surface area (Å²) in [5, 5.41) is 4.70. The summed E-state index contributed by atoms with van der Waals surface area (Å²) in [5.41, 5.74) is 0.637. The van der Waals surface area contributed by atoms with Gasteiger partial charge in [-0.15, -0.1) is 0 Å². The Labute approximate surface area is 128 Å². The van der Waals surface area contributed by atoms with Gasteiger partial charge in [-0.05, 0) is 24.5 Å². The lowest BCUT2D eigenvalue weighted by atomic mass is 9.74. The molecule has 0 radical (unpaired) electrons. The van der Waals surface area contributed by atoms with E-state index in [-0.39, 0.29) is 5.41 Å². The summed E-state index contributed by atoms with van der Waals surface area (Å²) in [6.07, 6.45) is 1.54. The number of rotatable bonds is 4. The summed E-state index contributed by atoms with van der Waals surface area (Å²) >= 11 is 6.41. The van der Waals surface area contributed by atoms with E-state index >= 15 is 0 Å². The number of hydrogen-bond donors (Lipinski definition) is 0. The summed E-state index contributed by atoms with van der Waals surface area (Å²) in [5.74, 6) is 1.14. The van der Waals surface area contributed by atoms with Crippen molar-refractivity contribution in [2.75, 3.05) is 20.3 Å². The zero-order valence-electron chi connectivity index (χ0n) is 11.8. The van der Waals surface area contributed by atoms with E-state index in [4.69, 9.17) is 25.6 Å². The molecule has 5 nitrogen and oxygen atoms in total. The van der Waals surface area contributed by atoms with Crippen molar-refractivity contribution in [1.82, 2.24) is 10.1 Å². The SMILES string of the molecule is COCc1noc(C2(c3ccccc3Cl)CCOCC2)n1. The van der Waals surface area contributed by atoms with Crippen LogP contribution in [0, 0.1) is 0 Å². The number of hydrogen-bond acceptors (Lipinski definition) is 5. The minimum Gasteiger partial charge on any atom is -0.381 e. The number of nitrogens with zero attached hydrogens (tertiary/aromatic N) is 2. The van der Waals surface area contributed by atoms with Gasteiger partial charge in [0.1, 0.15) is 6.61 Å². The Morgan fingerprint density at radius 2 is 2.05 bits per heavy atom. The molecule has 0 aliphatic carbocycles. The van der Waals surface area contributed by atoms with Gasteiger partial charge < -0.3 is 14.0 Å². The van der Waals surface area contributed by atoms with Crippen LogP contribution in [-0.2, 0) is 21.5 Å². The molecule has 2 heterocycles. The van der Waals surface area contributed by atoms with Crippen LogP contribution in [0.3, 0.4) is 0 Å². The molecule has 112 valence electrons. The Morgan fingerprint density at radius 1 is 1.29 bits per heavy atom. The zero-order valence-corrected chi connectivity index (χ0v) is 12.6. The van der Waals surface area contributed by atoms with E-state index in [0.717, 1.165) is 18.4 Å². The van der Waals surface area contributed by atoms with Crippen LogP contribution in [0.1, 0.15) is 30.1 Å². The van der Waals surface area contributed by atoms with E-state index in [1.165, 1.54) is 0 Å². The number of aromatic nitrogens is 2. The van der Waals surface area contributed by atoms with Crippen LogP contribution < -0.4 is 0 Å². The third-order valence-electron chi connectivity index (χ3n) is 3.89. The van der Waals surface area contributed by atoms with Crippen molar-refractivity contribution >= 4 is 11.6 Å². The molecule has 1 aromatic heterocycles. The number of halogens is 1. The smallest absolute Gasteiger partial charge is 0.237 e. The van der Waals surface area contributed by atoms with Gasteiger partial charge in [0.15, 0.2) is 5.82 Å². The van der Waals surface area contributed by atoms with Crippen LogP contribution in [0.25, 0.3) is 0 Å². The topological polar surface area (TPSA) is 57.4 Å². The third-order valence-corrected chi connectivity index (χ3v) is 4.22. The minimum atomic E-state index is -0.379. The molecule has 0 N–H and O–H groups in total. The molecule has 0 spiro atoms. The van der Waals surface area contributed by atoms with Crippen LogP contribution in [0.2, 0.25) is 5.02 Å². The number of methoxy groups -OCH3 is 1. The molecule has 0 unspecified atom stereocenters. The molecule has 0 bridgehead atoms. The monoisotopic (exact) mass is 308 g/mol. The normalized spacial score (nSPS) is 17.8. The number of ether oxygens (including phenoxy) is 2. The average Bonchev–Trinajstić information content (AvgIpc) is 2.98. The van der Waals surface area contributed by atoms with Crippen molar-refractivity contribution in [3.63, 3.8) is 0 Å². The first-order valence-electron chi connectivity index (χ1n) is 6.91. The third kappa shape index (κ3) is 2.69. The predicted molar refractivity (Wildman–Crippen MR) is 77.3 cm³/mol. The van der Waals surface area contributed by atoms with Gasteiger partial charge in [0.2, 0.25) is 5.89 Å². The standard InChI is InChI=1S/C15H17ClN2O3/c1-19-10-13-17-14(21-18-13)15(6-8-20-9-7-15)11-4-2-3-5-12(11)16/h2-5H,6-10H2,1H3. The van der Waals surface area contributed by atoms with Crippen LogP contribution in [-0.4, -0.2) is 30.5 Å². The quantitative estimate of drug-likeness (QED) is 0.869. The van der Waals surface area contributed by atoms with E-state index < -0.39 is 0 Å². The molecule has 21 heavy (non-hydrogen) atoms. The van der Waals surface area contributed by atoms with Gasteiger partial charge in [0, 0.05) is 25.3 Å². The molecule has 1 aliphatic rings. The van der Waals surface area contributed by atoms with Gasteiger partial charge in [-0.2, -0.15) is 4.98 Å². The lowest BCUT2D eigenvalue weighted by Gasteiger charge is -2.34. The Bertz CT molecular complexity index is 608. The first-order chi connectivity index (χ1) is 10.3. The molecule has 0 amide bonds. The second-order valence-corrected chi connectivity index (χ2v) is 5.53. The van der Waals surface area contributed by atoms with Crippen LogP contribution in [0.4, 0.5) is 0 Å². The van der Waals surface area contributed by atoms with Crippen molar-refractivity contribution in [2.24, 2.45) is 0 Å². The van der Waals surface area contributed by atoms with Gasteiger partial charge in [0.05, 0.1) is 5.41 Å². The second kappa shape index (κ2) is 6.13. The maximum Gasteiger partial charge on any atom is 0.237 e. The minimum absolute atomic E-state index is 0.332. The van der Waals surface area contributed by atoms with Crippen molar-refractivity contribution in [1.29, 1.82) is 0 Å². The van der Waals surface area contributed by atoms with Gasteiger partial charge >= 0.3 is 0 Å². The van der Waals surface area contributed by atoms with E-state index in [2.05, 4.69) is 10.1 Å². The van der Waals surface area contributed by atoms with Gasteiger partial charge in [-0.1, -0.05) is 35.0 Å². The summed E-state index contributed by atoms with van der Waals surface area (Å²) < 4.78 is 16.1. The largest absolute Gasteiger partial charge is 0.381 e. The first kappa shape index (κ1) is 14.5. The van der Waals surface area contributed by atoms with Gasteiger partial charge in [0.25, 0.3) is 0 Å². The Kier molecular flexibility index (Phi) is 4.24. The fourth-order valence-corrected chi connectivity index (χ4v) is 3.12. The average molecular weight is 309 g/mol. The highest BCUT2D eigenvalue weighted by molar-refractivity contribution is 6.31. The van der Waals surface area contributed by atoms with Crippen LogP contribution >= 0.6 is 11.6 Å². The molecule has 3 rings (SSSR count). The predicted octanol–water partition coefficient (Wildman–Crippen LogP) is 2.97. The lowest BCUT2D eigenvalue weighted by Crippen LogP contribution is -2.35. The van der Waals surface area contributed by atoms with Crippen molar-refractivity contribution in [2.45, 2.75) is 24.9 Å². The summed E-state index contributed by atoms with van der Waals surface area (Å²) in [7, 11) is 1.61. The van der Waals surface area contributed by atoms with E-state index in [1.807, 2.05) is 24.3 Å². The highest BCUT2D eigenvalue weighted by Crippen LogP contribution is 2.43. The highest BCUT2D eigenvalue weighted by Gasteiger charge is 2.42. The molecule has 1 aromatic carbocycles. The molecule has 1 aliphatic heterocycles. The van der Waals surface area contributed by atoms with Crippen LogP contribution in [0.5, 0.6) is 0 Å². The Balaban J connectivity index is 2.06. The van der Waals surface area contributed by atoms with Crippen LogP contribution in [0.15, 0.2) is 28.8 Å². The summed E-state index contributed by atoms with van der Waals surface area (Å²) in [4.78, 5) is 4.50. The molecule has 1 fully saturated rings. The number of benzene rings is 1. The molecular weight excluding hydrogens is 292 g/mol. The Hall–Kier alpha value is -1.43. The maximum absolute atomic E-state index is 6.41. The molecule has 2 aromatic rings. The Morgan fingerprint density at radius 3 is 2.76 bits per heavy atom. The van der Waals surface area contributed by atoms with Crippen molar-refractivity contribution in [3.8, 4) is 0 Å². The fourth-order valence-electron chi connectivity index (χ4n) is 2.80. The lowest BCUT2D eigenvalue weighted by molar-refractivity contribution is 0.0523. The zero-order chi connectivity index (χ0) is 14.7. The van der Waals surface area contributed by atoms with Crippen molar-refractivity contribution in [3.05, 3.63) is 46.6 Å². The van der Waals surface area contributed by atoms with E-state index in [9.17, 15) is 0 Å². The first-order valence-corrected chi connectivity index (χ1v) is 7.29. The van der Waals surface area contributed by atoms with Gasteiger partial charge in [-0.25, -0.2) is 0 Å². The molecule has 0 saturated carbocycles. The molecule has 6 heteroatoms. The summed E-state index contributed by atoms with van der Waals surface area (Å²) in [6, 6.07) is 7.81. The fraction of sp³-hybridized carbons (Fsp3) is 0.467. The molecule has 1 saturated heterocycles. The second-order valence-electron chi connectivity index (χ2n) is 5.12. The van der Waals surface area contributed by atoms with E-state index in [1.54, 1.807) is 7.11 Å². The highest BCUT2D eigenvalue weighted by atomic mass is 35.5. The summed E-state index contributed by atoms with van der Waals surface area (Å²) in [6.45, 7) is 1.62.